The largest absolute Gasteiger partial charge is 0.504 e. The molecule has 1 aromatic carbocycles. The van der Waals surface area contributed by atoms with Gasteiger partial charge in [0.25, 0.3) is 5.91 Å². The summed E-state index contributed by atoms with van der Waals surface area (Å²) in [4.78, 5) is 31.2. The van der Waals surface area contributed by atoms with Crippen molar-refractivity contribution < 1.29 is 24.2 Å². The number of hydrogen-bond donors (Lipinski definition) is 1. The summed E-state index contributed by atoms with van der Waals surface area (Å²) in [6.45, 7) is 4.20. The third-order valence-electron chi connectivity index (χ3n) is 4.56. The molecule has 7 nitrogen and oxygen atoms in total. The van der Waals surface area contributed by atoms with Gasteiger partial charge >= 0.3 is 5.97 Å². The second-order valence-corrected chi connectivity index (χ2v) is 6.42. The zero-order valence-electron chi connectivity index (χ0n) is 16.5. The van der Waals surface area contributed by atoms with Gasteiger partial charge in [0, 0.05) is 18.1 Å². The maximum atomic E-state index is 13.1. The second kappa shape index (κ2) is 8.60. The zero-order valence-corrected chi connectivity index (χ0v) is 16.5. The first kappa shape index (κ1) is 20.1. The highest BCUT2D eigenvalue weighted by Crippen LogP contribution is 2.34. The molecule has 0 radical (unpaired) electrons. The summed E-state index contributed by atoms with van der Waals surface area (Å²) >= 11 is 0. The number of methoxy groups -OCH3 is 1. The van der Waals surface area contributed by atoms with E-state index >= 15 is 0 Å². The Morgan fingerprint density at radius 3 is 2.76 bits per heavy atom. The van der Waals surface area contributed by atoms with Gasteiger partial charge < -0.3 is 19.5 Å². The zero-order chi connectivity index (χ0) is 21.0. The van der Waals surface area contributed by atoms with Crippen molar-refractivity contribution in [3.05, 3.63) is 70.7 Å². The number of pyridine rings is 1. The third-order valence-corrected chi connectivity index (χ3v) is 4.56. The Labute approximate surface area is 168 Å². The molecular weight excluding hydrogens is 372 g/mol. The summed E-state index contributed by atoms with van der Waals surface area (Å²) in [5, 5.41) is 9.90. The fourth-order valence-corrected chi connectivity index (χ4v) is 3.15. The van der Waals surface area contributed by atoms with Crippen LogP contribution in [0.15, 0.2) is 59.6 Å². The highest BCUT2D eigenvalue weighted by molar-refractivity contribution is 6.16. The lowest BCUT2D eigenvalue weighted by Crippen LogP contribution is -2.24. The minimum absolute atomic E-state index is 0.00451. The number of aromatic hydroxyl groups is 1. The number of benzene rings is 1. The highest BCUT2D eigenvalue weighted by atomic mass is 16.5. The summed E-state index contributed by atoms with van der Waals surface area (Å²) in [5.74, 6) is -0.581. The Hall–Kier alpha value is -3.61. The summed E-state index contributed by atoms with van der Waals surface area (Å²) in [7, 11) is 1.28. The number of phenolic OH excluding ortho intramolecular Hbond substituents is 1. The molecule has 0 unspecified atom stereocenters. The standard InChI is InChI=1S/C22H22N2O5/c1-4-29-19-11-15(7-8-18(19)25)10-17-20(22(27)28-3)14(2)24(21(17)26)13-16-6-5-9-23-12-16/h5-12,25H,4,13H2,1-3H3/b17-10-. The van der Waals surface area contributed by atoms with Crippen LogP contribution in [-0.2, 0) is 20.9 Å². The molecule has 1 N–H and O–H groups in total. The molecule has 29 heavy (non-hydrogen) atoms. The van der Waals surface area contributed by atoms with Crippen LogP contribution in [0, 0.1) is 0 Å². The van der Waals surface area contributed by atoms with Gasteiger partial charge in [-0.3, -0.25) is 9.78 Å². The Morgan fingerprint density at radius 1 is 1.31 bits per heavy atom. The first-order valence-corrected chi connectivity index (χ1v) is 9.14. The van der Waals surface area contributed by atoms with E-state index in [1.165, 1.54) is 18.1 Å². The molecule has 2 aromatic rings. The van der Waals surface area contributed by atoms with Gasteiger partial charge in [-0.1, -0.05) is 12.1 Å². The van der Waals surface area contributed by atoms with Crippen LogP contribution in [-0.4, -0.2) is 40.6 Å². The van der Waals surface area contributed by atoms with Crippen molar-refractivity contribution in [3.8, 4) is 11.5 Å². The van der Waals surface area contributed by atoms with E-state index in [2.05, 4.69) is 4.98 Å². The van der Waals surface area contributed by atoms with Crippen LogP contribution in [0.25, 0.3) is 6.08 Å². The van der Waals surface area contributed by atoms with E-state index in [1.54, 1.807) is 43.6 Å². The molecular formula is C22H22N2O5. The SMILES string of the molecule is CCOc1cc(/C=C2\C(=O)N(Cc3cccnc3)C(C)=C2C(=O)OC)ccc1O. The van der Waals surface area contributed by atoms with Gasteiger partial charge in [-0.05, 0) is 49.2 Å². The number of amides is 1. The molecule has 1 amide bonds. The fraction of sp³-hybridized carbons (Fsp3) is 0.227. The first-order valence-electron chi connectivity index (χ1n) is 9.14. The molecule has 2 heterocycles. The van der Waals surface area contributed by atoms with Crippen LogP contribution in [0.3, 0.4) is 0 Å². The number of aromatic nitrogens is 1. The van der Waals surface area contributed by atoms with Crippen LogP contribution in [0.5, 0.6) is 11.5 Å². The van der Waals surface area contributed by atoms with E-state index in [9.17, 15) is 14.7 Å². The van der Waals surface area contributed by atoms with Gasteiger partial charge in [-0.25, -0.2) is 4.79 Å². The van der Waals surface area contributed by atoms with Crippen molar-refractivity contribution in [1.29, 1.82) is 0 Å². The summed E-state index contributed by atoms with van der Waals surface area (Å²) in [6, 6.07) is 8.40. The van der Waals surface area contributed by atoms with Crippen molar-refractivity contribution in [2.75, 3.05) is 13.7 Å². The number of hydrogen-bond acceptors (Lipinski definition) is 6. The van der Waals surface area contributed by atoms with Crippen molar-refractivity contribution in [2.45, 2.75) is 20.4 Å². The van der Waals surface area contributed by atoms with E-state index in [-0.39, 0.29) is 29.3 Å². The van der Waals surface area contributed by atoms with E-state index < -0.39 is 5.97 Å². The van der Waals surface area contributed by atoms with Crippen molar-refractivity contribution in [2.24, 2.45) is 0 Å². The van der Waals surface area contributed by atoms with E-state index in [1.807, 2.05) is 13.0 Å². The quantitative estimate of drug-likeness (QED) is 0.598. The monoisotopic (exact) mass is 394 g/mol. The first-order chi connectivity index (χ1) is 14.0. The molecule has 0 atom stereocenters. The molecule has 0 aliphatic carbocycles. The van der Waals surface area contributed by atoms with Gasteiger partial charge in [-0.15, -0.1) is 0 Å². The molecule has 0 saturated carbocycles. The fourth-order valence-electron chi connectivity index (χ4n) is 3.15. The summed E-state index contributed by atoms with van der Waals surface area (Å²) < 4.78 is 10.3. The van der Waals surface area contributed by atoms with Crippen LogP contribution < -0.4 is 4.74 Å². The molecule has 0 fully saturated rings. The third kappa shape index (κ3) is 4.13. The lowest BCUT2D eigenvalue weighted by molar-refractivity contribution is -0.136. The average molecular weight is 394 g/mol. The molecule has 0 bridgehead atoms. The van der Waals surface area contributed by atoms with Crippen LogP contribution in [0.4, 0.5) is 0 Å². The maximum Gasteiger partial charge on any atom is 0.340 e. The maximum absolute atomic E-state index is 13.1. The molecule has 1 aromatic heterocycles. The number of carbonyl (C=O) groups is 2. The van der Waals surface area contributed by atoms with E-state index in [0.717, 1.165) is 5.56 Å². The predicted molar refractivity (Wildman–Crippen MR) is 107 cm³/mol. The number of ether oxygens (including phenoxy) is 2. The van der Waals surface area contributed by atoms with Gasteiger partial charge in [-0.2, -0.15) is 0 Å². The number of carbonyl (C=O) groups excluding carboxylic acids is 2. The molecule has 3 rings (SSSR count). The van der Waals surface area contributed by atoms with Crippen molar-refractivity contribution in [3.63, 3.8) is 0 Å². The smallest absolute Gasteiger partial charge is 0.340 e. The summed E-state index contributed by atoms with van der Waals surface area (Å²) in [6.07, 6.45) is 4.93. The van der Waals surface area contributed by atoms with Gasteiger partial charge in [0.2, 0.25) is 0 Å². The van der Waals surface area contributed by atoms with Gasteiger partial charge in [0.1, 0.15) is 0 Å². The Bertz CT molecular complexity index is 996. The Morgan fingerprint density at radius 2 is 2.10 bits per heavy atom. The van der Waals surface area contributed by atoms with Crippen LogP contribution in [0.2, 0.25) is 0 Å². The average Bonchev–Trinajstić information content (AvgIpc) is 2.95. The van der Waals surface area contributed by atoms with Crippen molar-refractivity contribution in [1.82, 2.24) is 9.88 Å². The number of allylic oxidation sites excluding steroid dienone is 1. The number of phenols is 1. The highest BCUT2D eigenvalue weighted by Gasteiger charge is 2.37. The van der Waals surface area contributed by atoms with E-state index in [0.29, 0.717) is 23.6 Å². The Balaban J connectivity index is 2.03. The Kier molecular flexibility index (Phi) is 5.97. The minimum Gasteiger partial charge on any atom is -0.504 e. The van der Waals surface area contributed by atoms with Gasteiger partial charge in [0.15, 0.2) is 11.5 Å². The van der Waals surface area contributed by atoms with Crippen LogP contribution >= 0.6 is 0 Å². The van der Waals surface area contributed by atoms with E-state index in [4.69, 9.17) is 9.47 Å². The summed E-state index contributed by atoms with van der Waals surface area (Å²) in [5.41, 5.74) is 2.42. The number of esters is 1. The molecule has 7 heteroatoms. The van der Waals surface area contributed by atoms with Crippen molar-refractivity contribution >= 4 is 18.0 Å². The normalized spacial score (nSPS) is 15.2. The second-order valence-electron chi connectivity index (χ2n) is 6.42. The van der Waals surface area contributed by atoms with Crippen LogP contribution in [0.1, 0.15) is 25.0 Å². The number of rotatable bonds is 6. The minimum atomic E-state index is -0.584. The molecule has 1 aliphatic heterocycles. The topological polar surface area (TPSA) is 89.0 Å². The lowest BCUT2D eigenvalue weighted by Gasteiger charge is -2.17. The molecule has 150 valence electrons. The molecule has 1 aliphatic rings. The lowest BCUT2D eigenvalue weighted by atomic mass is 10.0. The predicted octanol–water partition coefficient (Wildman–Crippen LogP) is 3.06. The molecule has 0 saturated heterocycles. The molecule has 0 spiro atoms. The van der Waals surface area contributed by atoms with Gasteiger partial charge in [0.05, 0.1) is 31.4 Å². The number of nitrogens with zero attached hydrogens (tertiary/aromatic N) is 2.